The average Bonchev–Trinajstić information content (AvgIpc) is 2.42. The summed E-state index contributed by atoms with van der Waals surface area (Å²) in [5, 5.41) is 2.94. The van der Waals surface area contributed by atoms with Crippen LogP contribution in [0.2, 0.25) is 5.02 Å². The Balaban J connectivity index is 2.32. The van der Waals surface area contributed by atoms with Crippen molar-refractivity contribution in [1.29, 1.82) is 0 Å². The van der Waals surface area contributed by atoms with Crippen LogP contribution in [0.25, 0.3) is 0 Å². The van der Waals surface area contributed by atoms with Gasteiger partial charge >= 0.3 is 0 Å². The number of aryl methyl sites for hydroxylation is 1. The Morgan fingerprint density at radius 1 is 1.16 bits per heavy atom. The minimum absolute atomic E-state index is 0.0438. The summed E-state index contributed by atoms with van der Waals surface area (Å²) in [6.07, 6.45) is 0. The smallest absolute Gasteiger partial charge is 0.193 e. The molecule has 0 atom stereocenters. The molecule has 4 heteroatoms. The summed E-state index contributed by atoms with van der Waals surface area (Å²) in [6, 6.07) is 12.1. The van der Waals surface area contributed by atoms with Crippen molar-refractivity contribution in [3.8, 4) is 0 Å². The lowest BCUT2D eigenvalue weighted by molar-refractivity contribution is 0.103. The molecule has 2 aromatic rings. The van der Waals surface area contributed by atoms with Crippen molar-refractivity contribution < 1.29 is 4.79 Å². The lowest BCUT2D eigenvalue weighted by Crippen LogP contribution is -2.01. The summed E-state index contributed by atoms with van der Waals surface area (Å²) < 4.78 is 0. The van der Waals surface area contributed by atoms with Crippen LogP contribution in [0.4, 0.5) is 5.69 Å². The Kier molecular flexibility index (Phi) is 4.23. The third-order valence-electron chi connectivity index (χ3n) is 2.72. The summed E-state index contributed by atoms with van der Waals surface area (Å²) in [5.74, 6) is -0.0438. The zero-order chi connectivity index (χ0) is 13.8. The summed E-state index contributed by atoms with van der Waals surface area (Å²) in [7, 11) is 0. The maximum absolute atomic E-state index is 12.3. The number of aliphatic imine (C=N–C) groups is 1. The molecule has 0 amide bonds. The maximum Gasteiger partial charge on any atom is 0.193 e. The largest absolute Gasteiger partial charge is 0.289 e. The third-order valence-corrected chi connectivity index (χ3v) is 3.24. The number of hydrogen-bond acceptors (Lipinski definition) is 3. The Hall–Kier alpha value is -1.80. The van der Waals surface area contributed by atoms with Crippen LogP contribution in [-0.2, 0) is 0 Å². The normalized spacial score (nSPS) is 9.79. The number of isothiocyanates is 1. The number of ketones is 1. The number of benzene rings is 2. The molecular weight excluding hydrogens is 278 g/mol. The van der Waals surface area contributed by atoms with E-state index in [1.54, 1.807) is 42.5 Å². The molecule has 0 saturated heterocycles. The first-order valence-corrected chi connectivity index (χ1v) is 6.39. The van der Waals surface area contributed by atoms with E-state index < -0.39 is 0 Å². The number of nitrogens with zero attached hydrogens (tertiary/aromatic N) is 1. The van der Waals surface area contributed by atoms with Gasteiger partial charge in [0.15, 0.2) is 5.78 Å². The fourth-order valence-corrected chi connectivity index (χ4v) is 1.92. The molecule has 94 valence electrons. The molecule has 0 heterocycles. The van der Waals surface area contributed by atoms with E-state index in [1.807, 2.05) is 6.92 Å². The highest BCUT2D eigenvalue weighted by Gasteiger charge is 2.09. The second-order valence-electron chi connectivity index (χ2n) is 4.04. The molecule has 0 aromatic heterocycles. The SMILES string of the molecule is Cc1cc(C(=O)c2ccc(N=C=S)cc2)ccc1Cl. The predicted molar refractivity (Wildman–Crippen MR) is 80.7 cm³/mol. The van der Waals surface area contributed by atoms with Crippen molar-refractivity contribution in [1.82, 2.24) is 0 Å². The van der Waals surface area contributed by atoms with Gasteiger partial charge in [-0.15, -0.1) is 0 Å². The average molecular weight is 288 g/mol. The molecule has 0 aliphatic heterocycles. The van der Waals surface area contributed by atoms with E-state index in [0.717, 1.165) is 5.56 Å². The lowest BCUT2D eigenvalue weighted by Gasteiger charge is -2.04. The molecule has 0 aliphatic rings. The Bertz CT molecular complexity index is 673. The van der Waals surface area contributed by atoms with Gasteiger partial charge in [-0.3, -0.25) is 4.79 Å². The number of rotatable bonds is 3. The minimum Gasteiger partial charge on any atom is -0.289 e. The fraction of sp³-hybridized carbons (Fsp3) is 0.0667. The fourth-order valence-electron chi connectivity index (χ4n) is 1.69. The molecule has 0 unspecified atom stereocenters. The zero-order valence-corrected chi connectivity index (χ0v) is 11.8. The highest BCUT2D eigenvalue weighted by molar-refractivity contribution is 7.78. The van der Waals surface area contributed by atoms with Gasteiger partial charge in [-0.1, -0.05) is 11.6 Å². The number of thiocarbonyl (C=S) groups is 1. The second kappa shape index (κ2) is 5.89. The quantitative estimate of drug-likeness (QED) is 0.468. The molecule has 2 aromatic carbocycles. The van der Waals surface area contributed by atoms with Crippen molar-refractivity contribution in [3.05, 3.63) is 64.2 Å². The van der Waals surface area contributed by atoms with E-state index in [4.69, 9.17) is 11.6 Å². The van der Waals surface area contributed by atoms with Crippen LogP contribution in [0.15, 0.2) is 47.5 Å². The van der Waals surface area contributed by atoms with Gasteiger partial charge in [0, 0.05) is 16.1 Å². The Morgan fingerprint density at radius 2 is 1.79 bits per heavy atom. The van der Waals surface area contributed by atoms with Crippen LogP contribution >= 0.6 is 23.8 Å². The zero-order valence-electron chi connectivity index (χ0n) is 10.2. The first-order chi connectivity index (χ1) is 9.11. The second-order valence-corrected chi connectivity index (χ2v) is 4.63. The van der Waals surface area contributed by atoms with Crippen molar-refractivity contribution in [2.24, 2.45) is 4.99 Å². The number of carbonyl (C=O) groups is 1. The van der Waals surface area contributed by atoms with Crippen LogP contribution in [0.5, 0.6) is 0 Å². The molecular formula is C15H10ClNOS. The lowest BCUT2D eigenvalue weighted by atomic mass is 10.0. The predicted octanol–water partition coefficient (Wildman–Crippen LogP) is 4.61. The third kappa shape index (κ3) is 3.15. The van der Waals surface area contributed by atoms with Gasteiger partial charge in [-0.25, -0.2) is 0 Å². The topological polar surface area (TPSA) is 29.4 Å². The molecule has 2 nitrogen and oxygen atoms in total. The van der Waals surface area contributed by atoms with Gasteiger partial charge in [0.05, 0.1) is 10.8 Å². The minimum atomic E-state index is -0.0438. The van der Waals surface area contributed by atoms with Crippen molar-refractivity contribution in [2.45, 2.75) is 6.92 Å². The molecule has 0 N–H and O–H groups in total. The van der Waals surface area contributed by atoms with E-state index in [-0.39, 0.29) is 5.78 Å². The monoisotopic (exact) mass is 287 g/mol. The molecule has 19 heavy (non-hydrogen) atoms. The molecule has 0 aliphatic carbocycles. The molecule has 0 spiro atoms. The summed E-state index contributed by atoms with van der Waals surface area (Å²) in [4.78, 5) is 16.1. The van der Waals surface area contributed by atoms with Crippen LogP contribution in [0.3, 0.4) is 0 Å². The summed E-state index contributed by atoms with van der Waals surface area (Å²) >= 11 is 10.5. The number of halogens is 1. The maximum atomic E-state index is 12.3. The van der Waals surface area contributed by atoms with Crippen molar-refractivity contribution >= 4 is 40.5 Å². The molecule has 2 rings (SSSR count). The van der Waals surface area contributed by atoms with Crippen molar-refractivity contribution in [3.63, 3.8) is 0 Å². The van der Waals surface area contributed by atoms with Crippen LogP contribution in [-0.4, -0.2) is 10.9 Å². The Labute approximate surface area is 121 Å². The van der Waals surface area contributed by atoms with Gasteiger partial charge < -0.3 is 0 Å². The summed E-state index contributed by atoms with van der Waals surface area (Å²) in [5.41, 5.74) is 2.78. The van der Waals surface area contributed by atoms with Gasteiger partial charge in [0.2, 0.25) is 0 Å². The highest BCUT2D eigenvalue weighted by atomic mass is 35.5. The van der Waals surface area contributed by atoms with Gasteiger partial charge in [-0.2, -0.15) is 4.99 Å². The van der Waals surface area contributed by atoms with Gasteiger partial charge in [-0.05, 0) is 67.2 Å². The molecule has 0 saturated carbocycles. The first-order valence-electron chi connectivity index (χ1n) is 5.60. The van der Waals surface area contributed by atoms with E-state index >= 15 is 0 Å². The van der Waals surface area contributed by atoms with Gasteiger partial charge in [0.1, 0.15) is 0 Å². The molecule has 0 fully saturated rings. The van der Waals surface area contributed by atoms with E-state index in [9.17, 15) is 4.79 Å². The molecule has 0 bridgehead atoms. The number of hydrogen-bond donors (Lipinski definition) is 0. The highest BCUT2D eigenvalue weighted by Crippen LogP contribution is 2.20. The van der Waals surface area contributed by atoms with Crippen LogP contribution in [0.1, 0.15) is 21.5 Å². The van der Waals surface area contributed by atoms with E-state index in [1.165, 1.54) is 0 Å². The van der Waals surface area contributed by atoms with Gasteiger partial charge in [0.25, 0.3) is 0 Å². The van der Waals surface area contributed by atoms with Crippen LogP contribution < -0.4 is 0 Å². The van der Waals surface area contributed by atoms with E-state index in [0.29, 0.717) is 21.8 Å². The number of carbonyl (C=O) groups excluding carboxylic acids is 1. The van der Waals surface area contributed by atoms with Crippen LogP contribution in [0, 0.1) is 6.92 Å². The van der Waals surface area contributed by atoms with Crippen molar-refractivity contribution in [2.75, 3.05) is 0 Å². The summed E-state index contributed by atoms with van der Waals surface area (Å²) in [6.45, 7) is 1.87. The first kappa shape index (κ1) is 13.6. The standard InChI is InChI=1S/C15H10ClNOS/c1-10-8-12(4-7-14(10)16)15(18)11-2-5-13(6-3-11)17-9-19/h2-8H,1H3. The molecule has 0 radical (unpaired) electrons. The van der Waals surface area contributed by atoms with E-state index in [2.05, 4.69) is 22.4 Å². The Morgan fingerprint density at radius 3 is 2.37 bits per heavy atom.